The van der Waals surface area contributed by atoms with E-state index in [1.54, 1.807) is 18.2 Å². The lowest BCUT2D eigenvalue weighted by Crippen LogP contribution is -2.09. The second kappa shape index (κ2) is 10.3. The monoisotopic (exact) mass is 454 g/mol. The first-order valence-corrected chi connectivity index (χ1v) is 10.8. The summed E-state index contributed by atoms with van der Waals surface area (Å²) in [6, 6.07) is 13.2. The van der Waals surface area contributed by atoms with Crippen molar-refractivity contribution in [2.24, 2.45) is 0 Å². The van der Waals surface area contributed by atoms with Crippen LogP contribution < -0.4 is 16.4 Å². The molecule has 0 aliphatic heterocycles. The molecular formula is C23H24Cl2N6. The summed E-state index contributed by atoms with van der Waals surface area (Å²) in [5.41, 5.74) is 9.92. The third-order valence-corrected chi connectivity index (χ3v) is 5.53. The van der Waals surface area contributed by atoms with Crippen LogP contribution in [0.5, 0.6) is 0 Å². The molecule has 0 saturated carbocycles. The van der Waals surface area contributed by atoms with Gasteiger partial charge >= 0.3 is 0 Å². The number of unbranched alkanes of at least 4 members (excludes halogenated alkanes) is 1. The zero-order chi connectivity index (χ0) is 22.4. The first-order valence-electron chi connectivity index (χ1n) is 10.0. The van der Waals surface area contributed by atoms with Crippen LogP contribution in [0, 0.1) is 18.3 Å². The number of nitrogens with zero attached hydrogens (tertiary/aromatic N) is 3. The number of benzene rings is 2. The van der Waals surface area contributed by atoms with Crippen LogP contribution in [0.3, 0.4) is 0 Å². The molecule has 4 N–H and O–H groups in total. The fraction of sp³-hybridized carbons (Fsp3) is 0.261. The number of nitrogens with two attached hydrogens (primary N) is 1. The smallest absolute Gasteiger partial charge is 0.159 e. The van der Waals surface area contributed by atoms with E-state index in [2.05, 4.69) is 33.6 Å². The maximum absolute atomic E-state index is 9.78. The summed E-state index contributed by atoms with van der Waals surface area (Å²) in [7, 11) is 0. The molecule has 3 rings (SSSR count). The van der Waals surface area contributed by atoms with Gasteiger partial charge in [0.2, 0.25) is 0 Å². The van der Waals surface area contributed by atoms with Crippen molar-refractivity contribution in [2.45, 2.75) is 32.6 Å². The molecule has 1 aromatic heterocycles. The Balaban J connectivity index is 1.88. The molecule has 0 bridgehead atoms. The summed E-state index contributed by atoms with van der Waals surface area (Å²) in [6.45, 7) is 4.85. The fourth-order valence-corrected chi connectivity index (χ4v) is 3.58. The third-order valence-electron chi connectivity index (χ3n) is 4.95. The first-order chi connectivity index (χ1) is 14.9. The van der Waals surface area contributed by atoms with Gasteiger partial charge in [0.1, 0.15) is 12.0 Å². The lowest BCUT2D eigenvalue weighted by atomic mass is 9.91. The molecule has 0 aliphatic carbocycles. The van der Waals surface area contributed by atoms with E-state index in [4.69, 9.17) is 28.9 Å². The van der Waals surface area contributed by atoms with Crippen molar-refractivity contribution in [3.63, 3.8) is 0 Å². The molecule has 0 aliphatic rings. The van der Waals surface area contributed by atoms with Gasteiger partial charge in [0.05, 0.1) is 12.0 Å². The van der Waals surface area contributed by atoms with Gasteiger partial charge in [-0.15, -0.1) is 0 Å². The van der Waals surface area contributed by atoms with Crippen LogP contribution in [0.4, 0.5) is 23.0 Å². The standard InChI is InChI=1S/C23H24Cl2N6/c1-3-4-9-28-22-21(27)23(30-13-29-22)31-20-11-19(25)17(10-14(20)2)18(12-26)15-5-7-16(24)8-6-15/h5-8,10-11,13,18H,3-4,9,27H2,1-2H3,(H2,28,29,30,31). The van der Waals surface area contributed by atoms with Crippen LogP contribution in [0.2, 0.25) is 10.0 Å². The Hall–Kier alpha value is -3.01. The van der Waals surface area contributed by atoms with E-state index in [0.717, 1.165) is 41.8 Å². The molecule has 2 aromatic carbocycles. The topological polar surface area (TPSA) is 99.6 Å². The molecule has 1 atom stereocenters. The first kappa shape index (κ1) is 22.7. The van der Waals surface area contributed by atoms with Crippen LogP contribution in [0.1, 0.15) is 42.4 Å². The van der Waals surface area contributed by atoms with E-state index in [9.17, 15) is 5.26 Å². The zero-order valence-corrected chi connectivity index (χ0v) is 18.9. The van der Waals surface area contributed by atoms with E-state index >= 15 is 0 Å². The highest BCUT2D eigenvalue weighted by molar-refractivity contribution is 6.32. The molecule has 6 nitrogen and oxygen atoms in total. The van der Waals surface area contributed by atoms with E-state index in [-0.39, 0.29) is 0 Å². The number of aromatic nitrogens is 2. The molecule has 0 fully saturated rings. The van der Waals surface area contributed by atoms with Crippen molar-refractivity contribution in [3.05, 3.63) is 69.5 Å². The Kier molecular flexibility index (Phi) is 7.56. The molecule has 3 aromatic rings. The van der Waals surface area contributed by atoms with Gasteiger partial charge in [0.15, 0.2) is 11.6 Å². The van der Waals surface area contributed by atoms with Gasteiger partial charge in [-0.05, 0) is 48.2 Å². The van der Waals surface area contributed by atoms with E-state index in [1.165, 1.54) is 6.33 Å². The summed E-state index contributed by atoms with van der Waals surface area (Å²) in [5.74, 6) is 0.588. The minimum absolute atomic E-state index is 0.439. The van der Waals surface area contributed by atoms with Crippen molar-refractivity contribution in [1.29, 1.82) is 5.26 Å². The maximum atomic E-state index is 9.78. The number of hydrogen-bond acceptors (Lipinski definition) is 6. The third kappa shape index (κ3) is 5.38. The lowest BCUT2D eigenvalue weighted by Gasteiger charge is -2.17. The second-order valence-electron chi connectivity index (χ2n) is 7.19. The Morgan fingerprint density at radius 2 is 1.84 bits per heavy atom. The Morgan fingerprint density at radius 3 is 2.52 bits per heavy atom. The predicted octanol–water partition coefficient (Wildman–Crippen LogP) is 6.29. The van der Waals surface area contributed by atoms with Crippen LogP contribution in [0.25, 0.3) is 0 Å². The minimum atomic E-state index is -0.504. The molecule has 160 valence electrons. The second-order valence-corrected chi connectivity index (χ2v) is 8.04. The molecule has 1 heterocycles. The van der Waals surface area contributed by atoms with Crippen molar-refractivity contribution in [2.75, 3.05) is 22.9 Å². The summed E-state index contributed by atoms with van der Waals surface area (Å²) in [6.07, 6.45) is 3.56. The number of aryl methyl sites for hydroxylation is 1. The summed E-state index contributed by atoms with van der Waals surface area (Å²) in [4.78, 5) is 8.49. The molecule has 0 spiro atoms. The van der Waals surface area contributed by atoms with Crippen molar-refractivity contribution >= 4 is 46.2 Å². The number of anilines is 4. The van der Waals surface area contributed by atoms with Gasteiger partial charge in [-0.1, -0.05) is 54.7 Å². The average Bonchev–Trinajstić information content (AvgIpc) is 2.76. The zero-order valence-electron chi connectivity index (χ0n) is 17.4. The van der Waals surface area contributed by atoms with E-state index in [0.29, 0.717) is 27.4 Å². The predicted molar refractivity (Wildman–Crippen MR) is 128 cm³/mol. The van der Waals surface area contributed by atoms with Gasteiger partial charge < -0.3 is 16.4 Å². The lowest BCUT2D eigenvalue weighted by molar-refractivity contribution is 0.831. The quantitative estimate of drug-likeness (QED) is 0.346. The molecule has 0 amide bonds. The number of halogens is 2. The van der Waals surface area contributed by atoms with Crippen LogP contribution in [-0.2, 0) is 0 Å². The average molecular weight is 455 g/mol. The van der Waals surface area contributed by atoms with E-state index < -0.39 is 5.92 Å². The number of nitriles is 1. The normalized spacial score (nSPS) is 11.6. The maximum Gasteiger partial charge on any atom is 0.159 e. The number of nitrogens with one attached hydrogen (secondary N) is 2. The molecular weight excluding hydrogens is 431 g/mol. The number of nitrogen functional groups attached to an aromatic ring is 1. The SMILES string of the molecule is CCCCNc1ncnc(Nc2cc(Cl)c(C(C#N)c3ccc(Cl)cc3)cc2C)c1N. The molecule has 31 heavy (non-hydrogen) atoms. The number of hydrogen-bond donors (Lipinski definition) is 3. The largest absolute Gasteiger partial charge is 0.393 e. The highest BCUT2D eigenvalue weighted by atomic mass is 35.5. The fourth-order valence-electron chi connectivity index (χ4n) is 3.19. The van der Waals surface area contributed by atoms with Crippen LogP contribution >= 0.6 is 23.2 Å². The molecule has 8 heteroatoms. The molecule has 0 saturated heterocycles. The van der Waals surface area contributed by atoms with E-state index in [1.807, 2.05) is 25.1 Å². The molecule has 1 unspecified atom stereocenters. The van der Waals surface area contributed by atoms with Gasteiger partial charge in [-0.2, -0.15) is 5.26 Å². The highest BCUT2D eigenvalue weighted by Crippen LogP contribution is 2.36. The Labute approximate surface area is 192 Å². The van der Waals surface area contributed by atoms with Crippen LogP contribution in [-0.4, -0.2) is 16.5 Å². The van der Waals surface area contributed by atoms with Crippen molar-refractivity contribution in [3.8, 4) is 6.07 Å². The Morgan fingerprint density at radius 1 is 1.13 bits per heavy atom. The van der Waals surface area contributed by atoms with Gasteiger partial charge in [-0.3, -0.25) is 0 Å². The Bertz CT molecular complexity index is 1090. The highest BCUT2D eigenvalue weighted by Gasteiger charge is 2.19. The van der Waals surface area contributed by atoms with Crippen molar-refractivity contribution in [1.82, 2.24) is 9.97 Å². The van der Waals surface area contributed by atoms with Gasteiger partial charge in [0, 0.05) is 22.3 Å². The number of rotatable bonds is 8. The van der Waals surface area contributed by atoms with Crippen LogP contribution in [0.15, 0.2) is 42.7 Å². The minimum Gasteiger partial charge on any atom is -0.393 e. The van der Waals surface area contributed by atoms with Gasteiger partial charge in [-0.25, -0.2) is 9.97 Å². The van der Waals surface area contributed by atoms with Crippen molar-refractivity contribution < 1.29 is 0 Å². The van der Waals surface area contributed by atoms with Gasteiger partial charge in [0.25, 0.3) is 0 Å². The summed E-state index contributed by atoms with van der Waals surface area (Å²) >= 11 is 12.6. The summed E-state index contributed by atoms with van der Waals surface area (Å²) in [5, 5.41) is 17.3. The summed E-state index contributed by atoms with van der Waals surface area (Å²) < 4.78 is 0. The molecule has 0 radical (unpaired) electrons.